The fourth-order valence-electron chi connectivity index (χ4n) is 1.73. The lowest BCUT2D eigenvalue weighted by Gasteiger charge is -2.18. The lowest BCUT2D eigenvalue weighted by atomic mass is 10.0. The molecule has 0 atom stereocenters. The molecule has 0 heterocycles. The molecule has 4 heteroatoms. The summed E-state index contributed by atoms with van der Waals surface area (Å²) in [5.74, 6) is 0.230. The van der Waals surface area contributed by atoms with Gasteiger partial charge in [-0.25, -0.2) is 0 Å². The van der Waals surface area contributed by atoms with Crippen LogP contribution in [0.25, 0.3) is 0 Å². The summed E-state index contributed by atoms with van der Waals surface area (Å²) in [5, 5.41) is 11.5. The van der Waals surface area contributed by atoms with E-state index in [4.69, 9.17) is 10.9 Å². The predicted molar refractivity (Wildman–Crippen MR) is 65.7 cm³/mol. The fraction of sp³-hybridized carbons (Fsp3) is 0.417. The number of hydrogen-bond donors (Lipinski definition) is 2. The van der Waals surface area contributed by atoms with Gasteiger partial charge in [0.25, 0.3) is 0 Å². The number of rotatable bonds is 4. The van der Waals surface area contributed by atoms with E-state index in [1.54, 1.807) is 0 Å². The number of nitrogens with zero attached hydrogens (tertiary/aromatic N) is 2. The van der Waals surface area contributed by atoms with Crippen molar-refractivity contribution in [2.24, 2.45) is 10.9 Å². The highest BCUT2D eigenvalue weighted by Crippen LogP contribution is 2.14. The smallest absolute Gasteiger partial charge is 0.153 e. The van der Waals surface area contributed by atoms with Gasteiger partial charge in [0.1, 0.15) is 0 Å². The van der Waals surface area contributed by atoms with Crippen molar-refractivity contribution in [2.45, 2.75) is 20.4 Å². The Hall–Kier alpha value is -1.55. The quantitative estimate of drug-likeness (QED) is 0.350. The van der Waals surface area contributed by atoms with Gasteiger partial charge in [-0.3, -0.25) is 4.90 Å². The Balaban J connectivity index is 2.73. The zero-order chi connectivity index (χ0) is 12.1. The molecule has 0 fully saturated rings. The van der Waals surface area contributed by atoms with E-state index in [1.807, 2.05) is 11.9 Å². The zero-order valence-electron chi connectivity index (χ0n) is 10.1. The standard InChI is InChI=1S/C12H19N3O/c1-9-5-4-6-10(2)11(9)7-15(3)8-12(13)14-16/h4-6,16H,7-8H2,1-3H3,(H2,13,14). The molecule has 1 rings (SSSR count). The summed E-state index contributed by atoms with van der Waals surface area (Å²) in [5.41, 5.74) is 9.30. The van der Waals surface area contributed by atoms with E-state index in [2.05, 4.69) is 37.2 Å². The molecule has 16 heavy (non-hydrogen) atoms. The maximum atomic E-state index is 8.50. The highest BCUT2D eigenvalue weighted by Gasteiger charge is 2.07. The summed E-state index contributed by atoms with van der Waals surface area (Å²) < 4.78 is 0. The lowest BCUT2D eigenvalue weighted by Crippen LogP contribution is -2.31. The molecule has 0 bridgehead atoms. The largest absolute Gasteiger partial charge is 0.409 e. The molecule has 0 saturated heterocycles. The maximum Gasteiger partial charge on any atom is 0.153 e. The molecule has 88 valence electrons. The number of amidine groups is 1. The van der Waals surface area contributed by atoms with Crippen LogP contribution in [0.5, 0.6) is 0 Å². The third-order valence-corrected chi connectivity index (χ3v) is 2.63. The molecule has 4 nitrogen and oxygen atoms in total. The molecule has 0 aliphatic rings. The monoisotopic (exact) mass is 221 g/mol. The first-order chi connectivity index (χ1) is 7.54. The minimum Gasteiger partial charge on any atom is -0.409 e. The molecule has 0 saturated carbocycles. The first-order valence-electron chi connectivity index (χ1n) is 5.24. The van der Waals surface area contributed by atoms with Gasteiger partial charge in [0, 0.05) is 6.54 Å². The Labute approximate surface area is 96.4 Å². The van der Waals surface area contributed by atoms with Gasteiger partial charge in [-0.1, -0.05) is 23.4 Å². The van der Waals surface area contributed by atoms with Crippen molar-refractivity contribution in [3.05, 3.63) is 34.9 Å². The Bertz CT molecular complexity index is 368. The van der Waals surface area contributed by atoms with Gasteiger partial charge in [-0.2, -0.15) is 0 Å². The summed E-state index contributed by atoms with van der Waals surface area (Å²) in [6, 6.07) is 6.25. The Morgan fingerprint density at radius 1 is 1.38 bits per heavy atom. The van der Waals surface area contributed by atoms with Crippen LogP contribution < -0.4 is 5.73 Å². The van der Waals surface area contributed by atoms with Crippen molar-refractivity contribution >= 4 is 5.84 Å². The maximum absolute atomic E-state index is 8.50. The van der Waals surface area contributed by atoms with E-state index in [1.165, 1.54) is 16.7 Å². The van der Waals surface area contributed by atoms with Crippen molar-refractivity contribution in [3.63, 3.8) is 0 Å². The SMILES string of the molecule is Cc1cccc(C)c1CN(C)C/C(N)=N/O. The van der Waals surface area contributed by atoms with Crippen molar-refractivity contribution in [2.75, 3.05) is 13.6 Å². The summed E-state index contributed by atoms with van der Waals surface area (Å²) in [6.45, 7) is 5.46. The number of hydrogen-bond acceptors (Lipinski definition) is 3. The predicted octanol–water partition coefficient (Wildman–Crippen LogP) is 1.48. The van der Waals surface area contributed by atoms with Crippen molar-refractivity contribution in [1.29, 1.82) is 0 Å². The molecule has 0 unspecified atom stereocenters. The van der Waals surface area contributed by atoms with Crippen LogP contribution in [0.2, 0.25) is 0 Å². The zero-order valence-corrected chi connectivity index (χ0v) is 10.1. The topological polar surface area (TPSA) is 61.8 Å². The normalized spacial score (nSPS) is 12.1. The van der Waals surface area contributed by atoms with Crippen molar-refractivity contribution in [1.82, 2.24) is 4.90 Å². The molecular formula is C12H19N3O. The van der Waals surface area contributed by atoms with Crippen LogP contribution in [-0.4, -0.2) is 29.5 Å². The average Bonchev–Trinajstić information content (AvgIpc) is 2.23. The van der Waals surface area contributed by atoms with E-state index >= 15 is 0 Å². The second-order valence-electron chi connectivity index (χ2n) is 4.13. The second-order valence-corrected chi connectivity index (χ2v) is 4.13. The van der Waals surface area contributed by atoms with Gasteiger partial charge in [-0.05, 0) is 37.6 Å². The number of likely N-dealkylation sites (N-methyl/N-ethyl adjacent to an activating group) is 1. The van der Waals surface area contributed by atoms with Crippen LogP contribution in [-0.2, 0) is 6.54 Å². The van der Waals surface area contributed by atoms with Gasteiger partial charge in [0.15, 0.2) is 5.84 Å². The third kappa shape index (κ3) is 3.24. The van der Waals surface area contributed by atoms with Crippen LogP contribution in [0.3, 0.4) is 0 Å². The highest BCUT2D eigenvalue weighted by atomic mass is 16.4. The van der Waals surface area contributed by atoms with Crippen LogP contribution in [0.1, 0.15) is 16.7 Å². The van der Waals surface area contributed by atoms with E-state index in [9.17, 15) is 0 Å². The van der Waals surface area contributed by atoms with Crippen LogP contribution in [0.4, 0.5) is 0 Å². The van der Waals surface area contributed by atoms with Crippen LogP contribution in [0.15, 0.2) is 23.4 Å². The van der Waals surface area contributed by atoms with Gasteiger partial charge in [-0.15, -0.1) is 0 Å². The molecule has 0 aromatic heterocycles. The molecule has 0 amide bonds. The molecule has 1 aromatic carbocycles. The van der Waals surface area contributed by atoms with Crippen molar-refractivity contribution in [3.8, 4) is 0 Å². The van der Waals surface area contributed by atoms with Gasteiger partial charge >= 0.3 is 0 Å². The first-order valence-corrected chi connectivity index (χ1v) is 5.24. The number of benzene rings is 1. The number of oxime groups is 1. The number of nitrogens with two attached hydrogens (primary N) is 1. The van der Waals surface area contributed by atoms with Gasteiger partial charge in [0.05, 0.1) is 6.54 Å². The van der Waals surface area contributed by atoms with E-state index in [0.717, 1.165) is 6.54 Å². The summed E-state index contributed by atoms with van der Waals surface area (Å²) >= 11 is 0. The van der Waals surface area contributed by atoms with Gasteiger partial charge in [0.2, 0.25) is 0 Å². The highest BCUT2D eigenvalue weighted by molar-refractivity contribution is 5.81. The lowest BCUT2D eigenvalue weighted by molar-refractivity contribution is 0.308. The van der Waals surface area contributed by atoms with Crippen LogP contribution in [0, 0.1) is 13.8 Å². The minimum absolute atomic E-state index is 0.230. The Kier molecular flexibility index (Phi) is 4.31. The molecule has 0 radical (unpaired) electrons. The van der Waals surface area contributed by atoms with E-state index in [0.29, 0.717) is 6.54 Å². The summed E-state index contributed by atoms with van der Waals surface area (Å²) in [4.78, 5) is 2.02. The summed E-state index contributed by atoms with van der Waals surface area (Å²) in [7, 11) is 1.95. The third-order valence-electron chi connectivity index (χ3n) is 2.63. The second kappa shape index (κ2) is 5.51. The molecule has 3 N–H and O–H groups in total. The van der Waals surface area contributed by atoms with Crippen molar-refractivity contribution < 1.29 is 5.21 Å². The molecule has 0 spiro atoms. The Morgan fingerprint density at radius 3 is 2.44 bits per heavy atom. The number of aryl methyl sites for hydroxylation is 2. The first kappa shape index (κ1) is 12.5. The Morgan fingerprint density at radius 2 is 1.94 bits per heavy atom. The fourth-order valence-corrected chi connectivity index (χ4v) is 1.73. The van der Waals surface area contributed by atoms with Crippen LogP contribution >= 0.6 is 0 Å². The summed E-state index contributed by atoms with van der Waals surface area (Å²) in [6.07, 6.45) is 0. The molecule has 0 aliphatic heterocycles. The molecular weight excluding hydrogens is 202 g/mol. The molecule has 1 aromatic rings. The van der Waals surface area contributed by atoms with E-state index < -0.39 is 0 Å². The molecule has 0 aliphatic carbocycles. The minimum atomic E-state index is 0.230. The van der Waals surface area contributed by atoms with Gasteiger partial charge < -0.3 is 10.9 Å². The van der Waals surface area contributed by atoms with E-state index in [-0.39, 0.29) is 5.84 Å². The average molecular weight is 221 g/mol.